The summed E-state index contributed by atoms with van der Waals surface area (Å²) in [6.45, 7) is 10.5. The average molecular weight is 455 g/mol. The number of likely N-dealkylation sites (tertiary alicyclic amines) is 1. The summed E-state index contributed by atoms with van der Waals surface area (Å²) in [5.74, 6) is -2.75. The third kappa shape index (κ3) is 4.93. The van der Waals surface area contributed by atoms with Gasteiger partial charge in [-0.1, -0.05) is 26.0 Å². The highest BCUT2D eigenvalue weighted by Gasteiger charge is 2.46. The summed E-state index contributed by atoms with van der Waals surface area (Å²) in [4.78, 5) is 29.7. The number of carbonyl (C=O) groups excluding carboxylic acids is 2. The van der Waals surface area contributed by atoms with Gasteiger partial charge < -0.3 is 20.0 Å². The minimum Gasteiger partial charge on any atom is -0.507 e. The van der Waals surface area contributed by atoms with E-state index in [2.05, 4.69) is 18.7 Å². The number of phenolic OH excluding ortho intramolecular Hbond substituents is 1. The van der Waals surface area contributed by atoms with Crippen LogP contribution in [0.5, 0.6) is 5.75 Å². The number of aliphatic hydroxyl groups is 1. The highest BCUT2D eigenvalue weighted by Crippen LogP contribution is 2.41. The number of ketones is 1. The molecule has 2 aromatic rings. The first-order chi connectivity index (χ1) is 15.7. The Hall–Kier alpha value is -3.19. The van der Waals surface area contributed by atoms with Crippen LogP contribution in [0.1, 0.15) is 48.6 Å². The van der Waals surface area contributed by atoms with Gasteiger partial charge in [0.2, 0.25) is 0 Å². The second-order valence-electron chi connectivity index (χ2n) is 8.38. The maximum absolute atomic E-state index is 14.1. The predicted octanol–water partition coefficient (Wildman–Crippen LogP) is 4.30. The minimum atomic E-state index is -0.946. The van der Waals surface area contributed by atoms with Crippen LogP contribution in [0.2, 0.25) is 0 Å². The van der Waals surface area contributed by atoms with Crippen molar-refractivity contribution in [3.8, 4) is 5.75 Å². The topological polar surface area (TPSA) is 81.1 Å². The van der Waals surface area contributed by atoms with Gasteiger partial charge in [0.15, 0.2) is 0 Å². The van der Waals surface area contributed by atoms with Crippen molar-refractivity contribution in [1.29, 1.82) is 0 Å². The van der Waals surface area contributed by atoms with Crippen molar-refractivity contribution in [3.63, 3.8) is 0 Å². The molecule has 2 N–H and O–H groups in total. The van der Waals surface area contributed by atoms with Crippen molar-refractivity contribution in [2.24, 2.45) is 0 Å². The lowest BCUT2D eigenvalue weighted by Crippen LogP contribution is -2.33. The lowest BCUT2D eigenvalue weighted by Gasteiger charge is -2.27. The number of aliphatic hydroxyl groups excluding tert-OH is 1. The molecule has 3 rings (SSSR count). The number of phenols is 1. The standard InChI is InChI=1S/C26H31FN2O4/c1-5-28(6-2)11-8-12-29-23(18-9-7-10-19(27)15-18)22(25(32)26(29)33)24(31)20-13-16(3)17(4)14-21(20)30/h7,9-10,13-15,23,30-31H,5-6,8,11-12H2,1-4H3/b24-22+. The van der Waals surface area contributed by atoms with Crippen LogP contribution in [0.3, 0.4) is 0 Å². The second kappa shape index (κ2) is 10.2. The van der Waals surface area contributed by atoms with Gasteiger partial charge in [0, 0.05) is 6.54 Å². The quantitative estimate of drug-likeness (QED) is 0.353. The van der Waals surface area contributed by atoms with Gasteiger partial charge in [-0.2, -0.15) is 0 Å². The van der Waals surface area contributed by atoms with Gasteiger partial charge in [-0.25, -0.2) is 4.39 Å². The van der Waals surface area contributed by atoms with E-state index in [0.29, 0.717) is 12.0 Å². The van der Waals surface area contributed by atoms with E-state index >= 15 is 0 Å². The van der Waals surface area contributed by atoms with Gasteiger partial charge in [-0.3, -0.25) is 9.59 Å². The third-order valence-electron chi connectivity index (χ3n) is 6.34. The Morgan fingerprint density at radius 3 is 2.39 bits per heavy atom. The fraction of sp³-hybridized carbons (Fsp3) is 0.385. The Morgan fingerprint density at radius 1 is 1.09 bits per heavy atom. The van der Waals surface area contributed by atoms with Crippen LogP contribution in [-0.4, -0.2) is 57.9 Å². The van der Waals surface area contributed by atoms with Gasteiger partial charge >= 0.3 is 0 Å². The molecule has 0 aromatic heterocycles. The number of carbonyl (C=O) groups is 2. The minimum absolute atomic E-state index is 0.0700. The Morgan fingerprint density at radius 2 is 1.76 bits per heavy atom. The molecule has 1 amide bonds. The van der Waals surface area contributed by atoms with Crippen molar-refractivity contribution < 1.29 is 24.2 Å². The molecule has 0 bridgehead atoms. The van der Waals surface area contributed by atoms with Crippen LogP contribution in [0, 0.1) is 19.7 Å². The van der Waals surface area contributed by atoms with Gasteiger partial charge in [0.1, 0.15) is 17.3 Å². The number of hydrogen-bond acceptors (Lipinski definition) is 5. The van der Waals surface area contributed by atoms with Crippen LogP contribution < -0.4 is 0 Å². The van der Waals surface area contributed by atoms with Gasteiger partial charge in [-0.15, -0.1) is 0 Å². The summed E-state index contributed by atoms with van der Waals surface area (Å²) in [6, 6.07) is 7.82. The molecule has 1 saturated heterocycles. The molecule has 0 radical (unpaired) electrons. The van der Waals surface area contributed by atoms with Gasteiger partial charge in [0.25, 0.3) is 11.7 Å². The molecule has 7 heteroatoms. The number of aromatic hydroxyl groups is 1. The molecule has 0 saturated carbocycles. The summed E-state index contributed by atoms with van der Waals surface area (Å²) in [5.41, 5.74) is 1.95. The van der Waals surface area contributed by atoms with Crippen molar-refractivity contribution in [1.82, 2.24) is 9.80 Å². The highest BCUT2D eigenvalue weighted by atomic mass is 19.1. The van der Waals surface area contributed by atoms with Crippen molar-refractivity contribution in [2.75, 3.05) is 26.2 Å². The highest BCUT2D eigenvalue weighted by molar-refractivity contribution is 6.46. The maximum Gasteiger partial charge on any atom is 0.295 e. The molecule has 1 heterocycles. The van der Waals surface area contributed by atoms with Crippen molar-refractivity contribution in [2.45, 2.75) is 40.2 Å². The largest absolute Gasteiger partial charge is 0.507 e. The average Bonchev–Trinajstić information content (AvgIpc) is 3.03. The normalized spacial score (nSPS) is 17.9. The number of amides is 1. The molecule has 1 unspecified atom stereocenters. The molecule has 0 aliphatic carbocycles. The van der Waals surface area contributed by atoms with Crippen molar-refractivity contribution >= 4 is 17.4 Å². The monoisotopic (exact) mass is 454 g/mol. The molecule has 176 valence electrons. The van der Waals surface area contributed by atoms with Gasteiger partial charge in [0.05, 0.1) is 17.2 Å². The van der Waals surface area contributed by atoms with E-state index in [4.69, 9.17) is 0 Å². The summed E-state index contributed by atoms with van der Waals surface area (Å²) >= 11 is 0. The zero-order valence-electron chi connectivity index (χ0n) is 19.6. The van der Waals surface area contributed by atoms with Crippen LogP contribution in [-0.2, 0) is 9.59 Å². The molecule has 1 aliphatic rings. The van der Waals surface area contributed by atoms with E-state index in [-0.39, 0.29) is 23.4 Å². The number of hydrogen-bond donors (Lipinski definition) is 2. The maximum atomic E-state index is 14.1. The molecule has 1 atom stereocenters. The Labute approximate surface area is 193 Å². The summed E-state index contributed by atoms with van der Waals surface area (Å²) in [7, 11) is 0. The molecule has 1 aliphatic heterocycles. The molecule has 2 aromatic carbocycles. The fourth-order valence-electron chi connectivity index (χ4n) is 4.27. The summed E-state index contributed by atoms with van der Waals surface area (Å²) < 4.78 is 14.1. The number of nitrogens with zero attached hydrogens (tertiary/aromatic N) is 2. The van der Waals surface area contributed by atoms with Crippen LogP contribution in [0.4, 0.5) is 4.39 Å². The molecular formula is C26H31FN2O4. The molecule has 6 nitrogen and oxygen atoms in total. The SMILES string of the molecule is CCN(CC)CCCN1C(=O)C(=O)/C(=C(/O)c2cc(C)c(C)cc2O)C1c1cccc(F)c1. The van der Waals surface area contributed by atoms with Crippen LogP contribution in [0.15, 0.2) is 42.0 Å². The van der Waals surface area contributed by atoms with E-state index < -0.39 is 29.3 Å². The zero-order valence-corrected chi connectivity index (χ0v) is 19.6. The predicted molar refractivity (Wildman–Crippen MR) is 125 cm³/mol. The van der Waals surface area contributed by atoms with Crippen LogP contribution in [0.25, 0.3) is 5.76 Å². The van der Waals surface area contributed by atoms with E-state index in [1.54, 1.807) is 12.1 Å². The van der Waals surface area contributed by atoms with E-state index in [0.717, 1.165) is 30.8 Å². The Kier molecular flexibility index (Phi) is 7.53. The second-order valence-corrected chi connectivity index (χ2v) is 8.38. The summed E-state index contributed by atoms with van der Waals surface area (Å²) in [5, 5.41) is 21.6. The van der Waals surface area contributed by atoms with Gasteiger partial charge in [-0.05, 0) is 80.9 Å². The van der Waals surface area contributed by atoms with E-state index in [1.165, 1.54) is 29.2 Å². The first-order valence-electron chi connectivity index (χ1n) is 11.3. The number of rotatable bonds is 8. The lowest BCUT2D eigenvalue weighted by molar-refractivity contribution is -0.140. The number of Topliss-reactive ketones (excluding diaryl/α,β-unsaturated/α-hetero) is 1. The smallest absolute Gasteiger partial charge is 0.295 e. The Balaban J connectivity index is 2.10. The first kappa shape index (κ1) is 24.5. The number of aryl methyl sites for hydroxylation is 2. The molecule has 33 heavy (non-hydrogen) atoms. The van der Waals surface area contributed by atoms with Crippen molar-refractivity contribution in [3.05, 3.63) is 70.0 Å². The Bertz CT molecular complexity index is 1090. The molecule has 1 fully saturated rings. The summed E-state index contributed by atoms with van der Waals surface area (Å²) in [6.07, 6.45) is 0.620. The van der Waals surface area contributed by atoms with E-state index in [9.17, 15) is 24.2 Å². The first-order valence-corrected chi connectivity index (χ1v) is 11.3. The molecule has 0 spiro atoms. The zero-order chi connectivity index (χ0) is 24.3. The van der Waals surface area contributed by atoms with E-state index in [1.807, 2.05) is 13.8 Å². The third-order valence-corrected chi connectivity index (χ3v) is 6.34. The number of benzene rings is 2. The molecular weight excluding hydrogens is 423 g/mol. The fourth-order valence-corrected chi connectivity index (χ4v) is 4.27. The number of halogens is 1. The lowest BCUT2D eigenvalue weighted by atomic mass is 9.93. The van der Waals surface area contributed by atoms with Crippen LogP contribution >= 0.6 is 0 Å².